The predicted octanol–water partition coefficient (Wildman–Crippen LogP) is 2.69. The number of halogens is 3. The van der Waals surface area contributed by atoms with Crippen molar-refractivity contribution in [1.82, 2.24) is 4.98 Å². The Balaban J connectivity index is 3.54. The lowest BCUT2D eigenvalue weighted by molar-refractivity contribution is -0.390. The quantitative estimate of drug-likeness (QED) is 0.487. The first-order chi connectivity index (χ1) is 7.51. The minimum Gasteiger partial charge on any atom is -0.358 e. The number of nitrogens with zero attached hydrogens (tertiary/aromatic N) is 3. The van der Waals surface area contributed by atoms with Crippen LogP contribution < -0.4 is 0 Å². The highest BCUT2D eigenvalue weighted by Crippen LogP contribution is 2.30. The maximum atomic E-state index is 12.6. The molecule has 1 rings (SSSR count). The van der Waals surface area contributed by atoms with Gasteiger partial charge in [0.25, 0.3) is 12.1 Å². The third-order valence-electron chi connectivity index (χ3n) is 1.79. The molecule has 1 aromatic heterocycles. The number of rotatable bonds is 3. The average Bonchev–Trinajstić information content (AvgIpc) is 2.26. The van der Waals surface area contributed by atoms with Gasteiger partial charge < -0.3 is 10.1 Å². The van der Waals surface area contributed by atoms with Crippen molar-refractivity contribution in [2.75, 3.05) is 0 Å². The molecular weight excluding hydrogens is 288 g/mol. The molecule has 0 fully saturated rings. The highest BCUT2D eigenvalue weighted by atomic mass is 79.9. The van der Waals surface area contributed by atoms with Gasteiger partial charge in [0, 0.05) is 17.0 Å². The molecule has 0 bridgehead atoms. The fourth-order valence-electron chi connectivity index (χ4n) is 1.12. The smallest absolute Gasteiger partial charge is 0.358 e. The SMILES string of the molecule is N#Cc1cc(C(F)F)c(CBr)c([N+](=O)[O-])n1. The van der Waals surface area contributed by atoms with Gasteiger partial charge in [-0.15, -0.1) is 0 Å². The van der Waals surface area contributed by atoms with Crippen LogP contribution in [0.1, 0.15) is 23.2 Å². The molecule has 0 aliphatic heterocycles. The number of pyridine rings is 1. The summed E-state index contributed by atoms with van der Waals surface area (Å²) in [6.07, 6.45) is -2.89. The molecule has 0 atom stereocenters. The molecule has 1 heterocycles. The van der Waals surface area contributed by atoms with Crippen molar-refractivity contribution in [3.8, 4) is 6.07 Å². The van der Waals surface area contributed by atoms with Gasteiger partial charge in [-0.05, 0) is 9.91 Å². The number of nitriles is 1. The second-order valence-corrected chi connectivity index (χ2v) is 3.26. The molecule has 0 aliphatic rings. The van der Waals surface area contributed by atoms with E-state index in [1.54, 1.807) is 0 Å². The van der Waals surface area contributed by atoms with Crippen LogP contribution in [0.5, 0.6) is 0 Å². The molecule has 0 aromatic carbocycles. The average molecular weight is 292 g/mol. The minimum absolute atomic E-state index is 0.123. The van der Waals surface area contributed by atoms with Gasteiger partial charge in [-0.2, -0.15) is 5.26 Å². The van der Waals surface area contributed by atoms with E-state index in [0.717, 1.165) is 6.07 Å². The number of hydrogen-bond donors (Lipinski definition) is 0. The molecule has 84 valence electrons. The van der Waals surface area contributed by atoms with Gasteiger partial charge in [-0.1, -0.05) is 15.9 Å². The van der Waals surface area contributed by atoms with Crippen molar-refractivity contribution in [3.63, 3.8) is 0 Å². The molecule has 5 nitrogen and oxygen atoms in total. The van der Waals surface area contributed by atoms with E-state index in [4.69, 9.17) is 5.26 Å². The highest BCUT2D eigenvalue weighted by molar-refractivity contribution is 9.08. The molecule has 0 unspecified atom stereocenters. The molecule has 0 saturated carbocycles. The monoisotopic (exact) mass is 291 g/mol. The Kier molecular flexibility index (Phi) is 3.84. The summed E-state index contributed by atoms with van der Waals surface area (Å²) in [5, 5.41) is 19.0. The van der Waals surface area contributed by atoms with Gasteiger partial charge in [0.05, 0.1) is 5.56 Å². The Hall–Kier alpha value is -1.62. The summed E-state index contributed by atoms with van der Waals surface area (Å²) in [6, 6.07) is 2.36. The van der Waals surface area contributed by atoms with Gasteiger partial charge in [0.2, 0.25) is 0 Å². The zero-order valence-electron chi connectivity index (χ0n) is 7.65. The van der Waals surface area contributed by atoms with Crippen LogP contribution >= 0.6 is 15.9 Å². The van der Waals surface area contributed by atoms with Gasteiger partial charge >= 0.3 is 5.82 Å². The maximum absolute atomic E-state index is 12.6. The molecule has 0 aliphatic carbocycles. The van der Waals surface area contributed by atoms with Crippen LogP contribution in [0.25, 0.3) is 0 Å². The third kappa shape index (κ3) is 2.30. The topological polar surface area (TPSA) is 79.8 Å². The van der Waals surface area contributed by atoms with E-state index in [9.17, 15) is 18.9 Å². The Bertz CT molecular complexity index is 473. The van der Waals surface area contributed by atoms with Crippen molar-refractivity contribution >= 4 is 21.7 Å². The van der Waals surface area contributed by atoms with Crippen molar-refractivity contribution in [2.24, 2.45) is 0 Å². The lowest BCUT2D eigenvalue weighted by atomic mass is 10.1. The molecule has 0 radical (unpaired) electrons. The van der Waals surface area contributed by atoms with Crippen LogP contribution in [0.3, 0.4) is 0 Å². The van der Waals surface area contributed by atoms with Crippen LogP contribution in [0.15, 0.2) is 6.07 Å². The molecule has 16 heavy (non-hydrogen) atoms. The number of alkyl halides is 3. The minimum atomic E-state index is -2.89. The molecular formula is C8H4BrF2N3O2. The fourth-order valence-corrected chi connectivity index (χ4v) is 1.69. The van der Waals surface area contributed by atoms with E-state index in [1.807, 2.05) is 0 Å². The Morgan fingerprint density at radius 2 is 2.31 bits per heavy atom. The Morgan fingerprint density at radius 1 is 1.69 bits per heavy atom. The highest BCUT2D eigenvalue weighted by Gasteiger charge is 2.25. The van der Waals surface area contributed by atoms with Crippen LogP contribution in [-0.2, 0) is 5.33 Å². The molecule has 0 amide bonds. The van der Waals surface area contributed by atoms with E-state index >= 15 is 0 Å². The summed E-state index contributed by atoms with van der Waals surface area (Å²) in [7, 11) is 0. The second-order valence-electron chi connectivity index (χ2n) is 2.70. The van der Waals surface area contributed by atoms with Crippen LogP contribution in [0.4, 0.5) is 14.6 Å². The van der Waals surface area contributed by atoms with E-state index < -0.39 is 28.4 Å². The standard InChI is InChI=1S/C8H4BrF2N3O2/c9-2-6-5(7(10)11)1-4(3-12)13-8(6)14(15)16/h1,7H,2H2. The van der Waals surface area contributed by atoms with E-state index in [0.29, 0.717) is 0 Å². The second kappa shape index (κ2) is 4.94. The molecule has 0 saturated heterocycles. The van der Waals surface area contributed by atoms with E-state index in [1.165, 1.54) is 6.07 Å². The van der Waals surface area contributed by atoms with Gasteiger partial charge in [-0.25, -0.2) is 8.78 Å². The van der Waals surface area contributed by atoms with Crippen molar-refractivity contribution < 1.29 is 13.7 Å². The largest absolute Gasteiger partial charge is 0.369 e. The van der Waals surface area contributed by atoms with Crippen molar-refractivity contribution in [3.05, 3.63) is 33.0 Å². The summed E-state index contributed by atoms with van der Waals surface area (Å²) in [4.78, 5) is 13.1. The zero-order chi connectivity index (χ0) is 12.3. The van der Waals surface area contributed by atoms with Crippen LogP contribution in [-0.4, -0.2) is 9.91 Å². The number of nitro groups is 1. The summed E-state index contributed by atoms with van der Waals surface area (Å²) in [5.41, 5.74) is -1.15. The summed E-state index contributed by atoms with van der Waals surface area (Å²) >= 11 is 2.88. The number of hydrogen-bond acceptors (Lipinski definition) is 4. The summed E-state index contributed by atoms with van der Waals surface area (Å²) in [6.45, 7) is 0. The zero-order valence-corrected chi connectivity index (χ0v) is 9.24. The van der Waals surface area contributed by atoms with Crippen LogP contribution in [0, 0.1) is 21.4 Å². The number of aromatic nitrogens is 1. The first-order valence-corrected chi connectivity index (χ1v) is 5.05. The van der Waals surface area contributed by atoms with Gasteiger partial charge in [0.1, 0.15) is 6.07 Å². The van der Waals surface area contributed by atoms with E-state index in [-0.39, 0.29) is 10.9 Å². The third-order valence-corrected chi connectivity index (χ3v) is 2.35. The van der Waals surface area contributed by atoms with Crippen LogP contribution in [0.2, 0.25) is 0 Å². The summed E-state index contributed by atoms with van der Waals surface area (Å²) in [5.74, 6) is -0.716. The first kappa shape index (κ1) is 12.4. The normalized spacial score (nSPS) is 10.2. The lowest BCUT2D eigenvalue weighted by Crippen LogP contribution is -2.04. The van der Waals surface area contributed by atoms with Gasteiger partial charge in [-0.3, -0.25) is 0 Å². The summed E-state index contributed by atoms with van der Waals surface area (Å²) < 4.78 is 25.2. The predicted molar refractivity (Wildman–Crippen MR) is 53.2 cm³/mol. The van der Waals surface area contributed by atoms with Crippen molar-refractivity contribution in [2.45, 2.75) is 11.8 Å². The van der Waals surface area contributed by atoms with Gasteiger partial charge in [0.15, 0.2) is 0 Å². The van der Waals surface area contributed by atoms with Crippen molar-refractivity contribution in [1.29, 1.82) is 5.26 Å². The van der Waals surface area contributed by atoms with E-state index in [2.05, 4.69) is 20.9 Å². The lowest BCUT2D eigenvalue weighted by Gasteiger charge is -2.05. The Labute approximate surface area is 97.0 Å². The molecule has 1 aromatic rings. The maximum Gasteiger partial charge on any atom is 0.369 e. The Morgan fingerprint density at radius 3 is 2.69 bits per heavy atom. The first-order valence-electron chi connectivity index (χ1n) is 3.93. The molecule has 8 heteroatoms. The molecule has 0 N–H and O–H groups in total. The molecule has 0 spiro atoms. The fraction of sp³-hybridized carbons (Fsp3) is 0.250.